The Morgan fingerprint density at radius 3 is 2.83 bits per heavy atom. The number of halogens is 2. The van der Waals surface area contributed by atoms with E-state index in [2.05, 4.69) is 14.6 Å². The van der Waals surface area contributed by atoms with Crippen LogP contribution in [0.2, 0.25) is 4.34 Å². The molecule has 0 aliphatic carbocycles. The van der Waals surface area contributed by atoms with Crippen molar-refractivity contribution in [1.82, 2.24) is 19.2 Å². The summed E-state index contributed by atoms with van der Waals surface area (Å²) in [7, 11) is -1.91. The number of imidazole rings is 1. The average molecular weight is 538 g/mol. The fraction of sp³-hybridized carbons (Fsp3) is 0.304. The minimum absolute atomic E-state index is 0.108. The average Bonchev–Trinajstić information content (AvgIpc) is 3.54. The number of rotatable bonds is 9. The van der Waals surface area contributed by atoms with Gasteiger partial charge in [0.15, 0.2) is 0 Å². The summed E-state index contributed by atoms with van der Waals surface area (Å²) < 4.78 is 44.7. The molecule has 3 heterocycles. The Balaban J connectivity index is 1.46. The summed E-state index contributed by atoms with van der Waals surface area (Å²) in [5.41, 5.74) is 0.697. The highest BCUT2D eigenvalue weighted by Crippen LogP contribution is 2.28. The molecule has 186 valence electrons. The van der Waals surface area contributed by atoms with Crippen LogP contribution in [-0.4, -0.2) is 55.0 Å². The summed E-state index contributed by atoms with van der Waals surface area (Å²) in [5.74, 6) is -0.302. The van der Waals surface area contributed by atoms with E-state index in [-0.39, 0.29) is 18.7 Å². The molecule has 0 bridgehead atoms. The van der Waals surface area contributed by atoms with Crippen LogP contribution >= 0.6 is 22.9 Å². The predicted octanol–water partition coefficient (Wildman–Crippen LogP) is 3.87. The van der Waals surface area contributed by atoms with Gasteiger partial charge in [-0.1, -0.05) is 18.5 Å². The Hall–Kier alpha value is -2.57. The first-order chi connectivity index (χ1) is 16.7. The highest BCUT2D eigenvalue weighted by molar-refractivity contribution is 7.92. The smallest absolute Gasteiger partial charge is 0.245 e. The lowest BCUT2D eigenvalue weighted by Gasteiger charge is -2.19. The van der Waals surface area contributed by atoms with E-state index in [4.69, 9.17) is 11.6 Å². The molecule has 0 spiro atoms. The molecule has 35 heavy (non-hydrogen) atoms. The Morgan fingerprint density at radius 1 is 1.34 bits per heavy atom. The number of aromatic nitrogens is 2. The monoisotopic (exact) mass is 537 g/mol. The third-order valence-electron chi connectivity index (χ3n) is 5.69. The van der Waals surface area contributed by atoms with Gasteiger partial charge in [-0.2, -0.15) is 4.72 Å². The second-order valence-corrected chi connectivity index (χ2v) is 11.5. The SMILES string of the molecule is CCN(C)Cc1nccn1-c1ccc(N2CCC(NS(=O)(=O)/C=C/c3ccc(Cl)s3)C2=O)c(F)c1. The number of benzene rings is 1. The summed E-state index contributed by atoms with van der Waals surface area (Å²) in [5, 5.41) is 0.999. The number of anilines is 1. The van der Waals surface area contributed by atoms with Gasteiger partial charge in [0.25, 0.3) is 0 Å². The van der Waals surface area contributed by atoms with Crippen molar-refractivity contribution in [1.29, 1.82) is 0 Å². The first-order valence-corrected chi connectivity index (χ1v) is 13.7. The lowest BCUT2D eigenvalue weighted by molar-refractivity contribution is -0.118. The van der Waals surface area contributed by atoms with E-state index in [9.17, 15) is 13.2 Å². The largest absolute Gasteiger partial charge is 0.308 e. The predicted molar refractivity (Wildman–Crippen MR) is 137 cm³/mol. The molecule has 1 aliphatic heterocycles. The van der Waals surface area contributed by atoms with Crippen LogP contribution in [-0.2, 0) is 21.4 Å². The van der Waals surface area contributed by atoms with Gasteiger partial charge in [0, 0.05) is 41.0 Å². The highest BCUT2D eigenvalue weighted by Gasteiger charge is 2.36. The molecule has 4 rings (SSSR count). The van der Waals surface area contributed by atoms with Gasteiger partial charge < -0.3 is 9.47 Å². The number of nitrogens with zero attached hydrogens (tertiary/aromatic N) is 4. The van der Waals surface area contributed by atoms with Crippen LogP contribution < -0.4 is 9.62 Å². The van der Waals surface area contributed by atoms with Crippen LogP contribution in [0.15, 0.2) is 48.1 Å². The fourth-order valence-corrected chi connectivity index (χ4v) is 5.81. The van der Waals surface area contributed by atoms with E-state index in [0.717, 1.165) is 17.8 Å². The van der Waals surface area contributed by atoms with Crippen LogP contribution in [0.1, 0.15) is 24.0 Å². The van der Waals surface area contributed by atoms with Gasteiger partial charge in [-0.05, 0) is 50.4 Å². The highest BCUT2D eigenvalue weighted by atomic mass is 35.5. The summed E-state index contributed by atoms with van der Waals surface area (Å²) in [4.78, 5) is 21.3. The van der Waals surface area contributed by atoms with Gasteiger partial charge in [-0.25, -0.2) is 17.8 Å². The molecule has 1 N–H and O–H groups in total. The maximum Gasteiger partial charge on any atom is 0.245 e. The summed E-state index contributed by atoms with van der Waals surface area (Å²) in [6, 6.07) is 7.00. The molecule has 3 aromatic rings. The second-order valence-electron chi connectivity index (χ2n) is 8.12. The van der Waals surface area contributed by atoms with Crippen molar-refractivity contribution in [3.05, 3.63) is 69.0 Å². The van der Waals surface area contributed by atoms with Gasteiger partial charge in [0.1, 0.15) is 17.7 Å². The number of hydrogen-bond acceptors (Lipinski definition) is 6. The third-order valence-corrected chi connectivity index (χ3v) is 7.99. The molecule has 2 aromatic heterocycles. The maximum atomic E-state index is 15.1. The molecule has 8 nitrogen and oxygen atoms in total. The normalized spacial score (nSPS) is 16.8. The first kappa shape index (κ1) is 25.5. The van der Waals surface area contributed by atoms with Crippen molar-refractivity contribution in [2.24, 2.45) is 0 Å². The Bertz CT molecular complexity index is 1350. The van der Waals surface area contributed by atoms with Crippen molar-refractivity contribution in [2.45, 2.75) is 25.9 Å². The topological polar surface area (TPSA) is 87.5 Å². The number of carbonyl (C=O) groups is 1. The zero-order valence-corrected chi connectivity index (χ0v) is 21.6. The standard InChI is InChI=1S/C23H25ClFN5O3S2/c1-3-28(2)15-22-26-10-12-29(22)16-4-6-20(18(25)14-16)30-11-8-19(23(30)31)27-35(32,33)13-9-17-5-7-21(24)34-17/h4-7,9-10,12-14,19,27H,3,8,11,15H2,1-2H3/b13-9+. The molecule has 12 heteroatoms. The van der Waals surface area contributed by atoms with Crippen LogP contribution in [0, 0.1) is 5.82 Å². The van der Waals surface area contributed by atoms with Gasteiger partial charge >= 0.3 is 0 Å². The molecule has 1 atom stereocenters. The number of thiophene rings is 1. The fourth-order valence-electron chi connectivity index (χ4n) is 3.74. The molecule has 0 saturated carbocycles. The number of sulfonamides is 1. The molecular formula is C23H25ClFN5O3S2. The van der Waals surface area contributed by atoms with Gasteiger partial charge in [0.05, 0.1) is 16.6 Å². The van der Waals surface area contributed by atoms with Crippen LogP contribution in [0.3, 0.4) is 0 Å². The zero-order valence-electron chi connectivity index (χ0n) is 19.2. The minimum atomic E-state index is -3.88. The molecule has 1 unspecified atom stereocenters. The number of hydrogen-bond donors (Lipinski definition) is 1. The van der Waals surface area contributed by atoms with E-state index < -0.39 is 27.8 Å². The third kappa shape index (κ3) is 5.99. The molecular weight excluding hydrogens is 513 g/mol. The zero-order chi connectivity index (χ0) is 25.2. The van der Waals surface area contributed by atoms with Crippen LogP contribution in [0.4, 0.5) is 10.1 Å². The van der Waals surface area contributed by atoms with Gasteiger partial charge in [0.2, 0.25) is 15.9 Å². The second kappa shape index (κ2) is 10.6. The van der Waals surface area contributed by atoms with Crippen molar-refractivity contribution in [3.8, 4) is 5.69 Å². The maximum absolute atomic E-state index is 15.1. The molecule has 1 aliphatic rings. The van der Waals surface area contributed by atoms with E-state index in [1.807, 2.05) is 14.0 Å². The molecule has 1 saturated heterocycles. The van der Waals surface area contributed by atoms with Gasteiger partial charge in [-0.3, -0.25) is 9.69 Å². The van der Waals surface area contributed by atoms with E-state index in [0.29, 0.717) is 21.4 Å². The molecule has 1 aromatic carbocycles. The van der Waals surface area contributed by atoms with Gasteiger partial charge in [-0.15, -0.1) is 11.3 Å². The van der Waals surface area contributed by atoms with Crippen molar-refractivity contribution in [2.75, 3.05) is 25.0 Å². The lowest BCUT2D eigenvalue weighted by atomic mass is 10.2. The quantitative estimate of drug-likeness (QED) is 0.448. The number of nitrogens with one attached hydrogen (secondary N) is 1. The molecule has 1 amide bonds. The van der Waals surface area contributed by atoms with Crippen LogP contribution in [0.5, 0.6) is 0 Å². The lowest BCUT2D eigenvalue weighted by Crippen LogP contribution is -2.40. The Kier molecular flexibility index (Phi) is 7.72. The number of amides is 1. The van der Waals surface area contributed by atoms with Crippen molar-refractivity contribution in [3.63, 3.8) is 0 Å². The summed E-state index contributed by atoms with van der Waals surface area (Å²) in [6.45, 7) is 3.69. The van der Waals surface area contributed by atoms with Crippen LogP contribution in [0.25, 0.3) is 11.8 Å². The van der Waals surface area contributed by atoms with E-state index in [1.165, 1.54) is 34.4 Å². The first-order valence-electron chi connectivity index (χ1n) is 10.9. The van der Waals surface area contributed by atoms with E-state index in [1.54, 1.807) is 35.2 Å². The Morgan fingerprint density at radius 2 is 2.14 bits per heavy atom. The minimum Gasteiger partial charge on any atom is -0.308 e. The van der Waals surface area contributed by atoms with Crippen molar-refractivity contribution >= 4 is 50.6 Å². The summed E-state index contributed by atoms with van der Waals surface area (Å²) >= 11 is 7.10. The molecule has 0 radical (unpaired) electrons. The Labute approximate surface area is 212 Å². The summed E-state index contributed by atoms with van der Waals surface area (Å²) in [6.07, 6.45) is 5.06. The van der Waals surface area contributed by atoms with E-state index >= 15 is 4.39 Å². The number of carbonyl (C=O) groups excluding carboxylic acids is 1. The molecule has 1 fully saturated rings. The van der Waals surface area contributed by atoms with Crippen molar-refractivity contribution < 1.29 is 17.6 Å².